The fourth-order valence-corrected chi connectivity index (χ4v) is 4.32. The van der Waals surface area contributed by atoms with Crippen molar-refractivity contribution >= 4 is 53.5 Å². The third-order valence-corrected chi connectivity index (χ3v) is 5.66. The minimum absolute atomic E-state index is 0.182. The summed E-state index contributed by atoms with van der Waals surface area (Å²) in [6.45, 7) is 0.182. The first kappa shape index (κ1) is 16.0. The van der Waals surface area contributed by atoms with Gasteiger partial charge in [-0.3, -0.25) is 0 Å². The molecule has 3 nitrogen and oxygen atoms in total. The average molecular weight is 440 g/mol. The molecular weight excluding hydrogens is 429 g/mol. The van der Waals surface area contributed by atoms with E-state index in [0.29, 0.717) is 14.0 Å². The SMILES string of the molecule is O=S(=O)(NCc1cccc(Cl)c1)c1cc(Br)ccc1Br. The van der Waals surface area contributed by atoms with Crippen LogP contribution in [-0.2, 0) is 16.6 Å². The van der Waals surface area contributed by atoms with Crippen LogP contribution in [0.2, 0.25) is 5.02 Å². The van der Waals surface area contributed by atoms with E-state index in [9.17, 15) is 8.42 Å². The Kier molecular flexibility index (Phi) is 5.25. The van der Waals surface area contributed by atoms with Crippen LogP contribution in [-0.4, -0.2) is 8.42 Å². The Balaban J connectivity index is 2.21. The number of benzene rings is 2. The van der Waals surface area contributed by atoms with E-state index in [0.717, 1.165) is 5.56 Å². The van der Waals surface area contributed by atoms with E-state index in [4.69, 9.17) is 11.6 Å². The van der Waals surface area contributed by atoms with Crippen LogP contribution in [0.15, 0.2) is 56.3 Å². The molecule has 0 aliphatic rings. The highest BCUT2D eigenvalue weighted by molar-refractivity contribution is 9.11. The number of sulfonamides is 1. The Bertz CT molecular complexity index is 735. The summed E-state index contributed by atoms with van der Waals surface area (Å²) in [5.41, 5.74) is 0.798. The van der Waals surface area contributed by atoms with Crippen molar-refractivity contribution in [1.29, 1.82) is 0 Å². The van der Waals surface area contributed by atoms with E-state index in [1.54, 1.807) is 36.4 Å². The lowest BCUT2D eigenvalue weighted by atomic mass is 10.2. The molecule has 2 aromatic carbocycles. The van der Waals surface area contributed by atoms with Crippen molar-refractivity contribution in [2.24, 2.45) is 0 Å². The third kappa shape index (κ3) is 4.05. The quantitative estimate of drug-likeness (QED) is 0.770. The molecule has 0 atom stereocenters. The summed E-state index contributed by atoms with van der Waals surface area (Å²) >= 11 is 12.4. The maximum Gasteiger partial charge on any atom is 0.242 e. The summed E-state index contributed by atoms with van der Waals surface area (Å²) in [4.78, 5) is 0.189. The van der Waals surface area contributed by atoms with Gasteiger partial charge in [-0.2, -0.15) is 0 Å². The van der Waals surface area contributed by atoms with E-state index in [-0.39, 0.29) is 11.4 Å². The second-order valence-electron chi connectivity index (χ2n) is 4.03. The van der Waals surface area contributed by atoms with Crippen LogP contribution in [0.5, 0.6) is 0 Å². The standard InChI is InChI=1S/C13H10Br2ClNO2S/c14-10-4-5-12(15)13(7-10)20(18,19)17-8-9-2-1-3-11(16)6-9/h1-7,17H,8H2. The van der Waals surface area contributed by atoms with Crippen molar-refractivity contribution < 1.29 is 8.42 Å². The molecule has 0 unspecified atom stereocenters. The number of hydrogen-bond donors (Lipinski definition) is 1. The summed E-state index contributed by atoms with van der Waals surface area (Å²) in [6.07, 6.45) is 0. The highest BCUT2D eigenvalue weighted by atomic mass is 79.9. The van der Waals surface area contributed by atoms with Crippen LogP contribution in [0.4, 0.5) is 0 Å². The topological polar surface area (TPSA) is 46.2 Å². The zero-order valence-corrected chi connectivity index (χ0v) is 14.9. The monoisotopic (exact) mass is 437 g/mol. The summed E-state index contributed by atoms with van der Waals surface area (Å²) in [7, 11) is -3.59. The molecule has 0 aliphatic carbocycles. The molecule has 0 saturated carbocycles. The minimum Gasteiger partial charge on any atom is -0.207 e. The van der Waals surface area contributed by atoms with Gasteiger partial charge < -0.3 is 0 Å². The first-order chi connectivity index (χ1) is 9.38. The molecule has 0 aromatic heterocycles. The first-order valence-corrected chi connectivity index (χ1v) is 9.02. The number of rotatable bonds is 4. The van der Waals surface area contributed by atoms with Crippen molar-refractivity contribution in [1.82, 2.24) is 4.72 Å². The third-order valence-electron chi connectivity index (χ3n) is 2.54. The zero-order chi connectivity index (χ0) is 14.8. The minimum atomic E-state index is -3.59. The lowest BCUT2D eigenvalue weighted by Gasteiger charge is -2.09. The van der Waals surface area contributed by atoms with Gasteiger partial charge in [0.05, 0.1) is 4.90 Å². The van der Waals surface area contributed by atoms with E-state index in [2.05, 4.69) is 36.6 Å². The Morgan fingerprint density at radius 2 is 1.85 bits per heavy atom. The molecular formula is C13H10Br2ClNO2S. The molecule has 7 heteroatoms. The van der Waals surface area contributed by atoms with Gasteiger partial charge in [0.1, 0.15) is 0 Å². The van der Waals surface area contributed by atoms with E-state index in [1.807, 2.05) is 6.07 Å². The molecule has 0 aliphatic heterocycles. The molecule has 0 saturated heterocycles. The number of hydrogen-bond acceptors (Lipinski definition) is 2. The van der Waals surface area contributed by atoms with Crippen molar-refractivity contribution in [3.05, 3.63) is 62.0 Å². The highest BCUT2D eigenvalue weighted by Gasteiger charge is 2.17. The molecule has 1 N–H and O–H groups in total. The fraction of sp³-hybridized carbons (Fsp3) is 0.0769. The summed E-state index contributed by atoms with van der Waals surface area (Å²) in [6, 6.07) is 12.0. The second-order valence-corrected chi connectivity index (χ2v) is 7.97. The van der Waals surface area contributed by atoms with Gasteiger partial charge in [-0.05, 0) is 51.8 Å². The molecule has 0 spiro atoms. The highest BCUT2D eigenvalue weighted by Crippen LogP contribution is 2.25. The normalized spacial score (nSPS) is 11.6. The molecule has 0 heterocycles. The van der Waals surface area contributed by atoms with Gasteiger partial charge in [0.25, 0.3) is 0 Å². The Hall–Kier alpha value is -0.400. The van der Waals surface area contributed by atoms with Gasteiger partial charge in [-0.25, -0.2) is 13.1 Å². The number of nitrogens with one attached hydrogen (secondary N) is 1. The summed E-state index contributed by atoms with van der Waals surface area (Å²) in [5.74, 6) is 0. The van der Waals surface area contributed by atoms with E-state index in [1.165, 1.54) is 0 Å². The Morgan fingerprint density at radius 3 is 2.55 bits per heavy atom. The molecule has 0 amide bonds. The van der Waals surface area contributed by atoms with Crippen LogP contribution in [0, 0.1) is 0 Å². The van der Waals surface area contributed by atoms with Crippen LogP contribution in [0.3, 0.4) is 0 Å². The van der Waals surface area contributed by atoms with Gasteiger partial charge in [-0.1, -0.05) is 39.7 Å². The largest absolute Gasteiger partial charge is 0.242 e. The first-order valence-electron chi connectivity index (χ1n) is 5.58. The van der Waals surface area contributed by atoms with Crippen LogP contribution in [0.25, 0.3) is 0 Å². The molecule has 106 valence electrons. The smallest absolute Gasteiger partial charge is 0.207 e. The van der Waals surface area contributed by atoms with Gasteiger partial charge >= 0.3 is 0 Å². The van der Waals surface area contributed by atoms with Gasteiger partial charge in [0, 0.05) is 20.5 Å². The summed E-state index contributed by atoms with van der Waals surface area (Å²) in [5, 5.41) is 0.574. The van der Waals surface area contributed by atoms with E-state index < -0.39 is 10.0 Å². The molecule has 2 aromatic rings. The van der Waals surface area contributed by atoms with Crippen molar-refractivity contribution in [3.63, 3.8) is 0 Å². The van der Waals surface area contributed by atoms with Crippen molar-refractivity contribution in [3.8, 4) is 0 Å². The van der Waals surface area contributed by atoms with Gasteiger partial charge in [-0.15, -0.1) is 0 Å². The van der Waals surface area contributed by atoms with Gasteiger partial charge in [0.15, 0.2) is 0 Å². The molecule has 0 radical (unpaired) electrons. The summed E-state index contributed by atoms with van der Waals surface area (Å²) < 4.78 is 28.3. The molecule has 0 bridgehead atoms. The van der Waals surface area contributed by atoms with Crippen LogP contribution < -0.4 is 4.72 Å². The maximum atomic E-state index is 12.3. The van der Waals surface area contributed by atoms with Crippen molar-refractivity contribution in [2.75, 3.05) is 0 Å². The molecule has 20 heavy (non-hydrogen) atoms. The second kappa shape index (κ2) is 6.58. The lowest BCUT2D eigenvalue weighted by Crippen LogP contribution is -2.23. The molecule has 0 fully saturated rings. The number of halogens is 3. The average Bonchev–Trinajstić information content (AvgIpc) is 2.39. The van der Waals surface area contributed by atoms with Crippen LogP contribution >= 0.6 is 43.5 Å². The van der Waals surface area contributed by atoms with E-state index >= 15 is 0 Å². The maximum absolute atomic E-state index is 12.3. The predicted octanol–water partition coefficient (Wildman–Crippen LogP) is 4.34. The van der Waals surface area contributed by atoms with Crippen molar-refractivity contribution in [2.45, 2.75) is 11.4 Å². The molecule has 2 rings (SSSR count). The zero-order valence-electron chi connectivity index (χ0n) is 10.1. The van der Waals surface area contributed by atoms with Crippen LogP contribution in [0.1, 0.15) is 5.56 Å². The Labute approximate surface area is 139 Å². The lowest BCUT2D eigenvalue weighted by molar-refractivity contribution is 0.581. The fourth-order valence-electron chi connectivity index (χ4n) is 1.59. The van der Waals surface area contributed by atoms with Gasteiger partial charge in [0.2, 0.25) is 10.0 Å². The Morgan fingerprint density at radius 1 is 1.10 bits per heavy atom. The predicted molar refractivity (Wildman–Crippen MR) is 87.3 cm³/mol.